The Kier molecular flexibility index (Phi) is 5.10. The fourth-order valence-corrected chi connectivity index (χ4v) is 2.76. The lowest BCUT2D eigenvalue weighted by atomic mass is 10.0. The van der Waals surface area contributed by atoms with Crippen molar-refractivity contribution < 1.29 is 27.9 Å². The molecular weight excluding hydrogens is 399 g/mol. The van der Waals surface area contributed by atoms with E-state index in [-0.39, 0.29) is 27.5 Å². The number of aromatic nitrogens is 2. The third-order valence-electron chi connectivity index (χ3n) is 3.81. The van der Waals surface area contributed by atoms with Gasteiger partial charge in [-0.3, -0.25) is 9.89 Å². The number of H-pyrrole nitrogens is 1. The molecule has 1 heterocycles. The minimum absolute atomic E-state index is 0.0737. The second-order valence-electron chi connectivity index (χ2n) is 5.64. The number of carbonyl (C=O) groups is 2. The van der Waals surface area contributed by atoms with Gasteiger partial charge in [-0.2, -0.15) is 18.3 Å². The number of carboxylic acids is 1. The van der Waals surface area contributed by atoms with E-state index in [0.717, 1.165) is 18.2 Å². The summed E-state index contributed by atoms with van der Waals surface area (Å²) in [5.41, 5.74) is -1.59. The Balaban J connectivity index is 2.07. The summed E-state index contributed by atoms with van der Waals surface area (Å²) in [6, 6.07) is 10.2. The number of carbonyl (C=O) groups excluding carboxylic acids is 1. The Morgan fingerprint density at radius 3 is 2.46 bits per heavy atom. The number of nitrogens with zero attached hydrogens (tertiary/aromatic N) is 1. The van der Waals surface area contributed by atoms with Gasteiger partial charge in [0.2, 0.25) is 0 Å². The zero-order valence-electron chi connectivity index (χ0n) is 13.8. The minimum atomic E-state index is -4.62. The van der Waals surface area contributed by atoms with E-state index in [1.807, 2.05) is 0 Å². The summed E-state index contributed by atoms with van der Waals surface area (Å²) in [7, 11) is 0. The molecule has 2 aromatic carbocycles. The van der Waals surface area contributed by atoms with E-state index in [1.165, 1.54) is 18.2 Å². The highest BCUT2D eigenvalue weighted by Crippen LogP contribution is 2.35. The van der Waals surface area contributed by atoms with E-state index in [1.54, 1.807) is 12.1 Å². The molecule has 144 valence electrons. The number of halogens is 4. The first-order valence-corrected chi connectivity index (χ1v) is 8.11. The third-order valence-corrected chi connectivity index (χ3v) is 4.14. The molecule has 1 aromatic heterocycles. The number of anilines is 1. The van der Waals surface area contributed by atoms with Gasteiger partial charge in [-0.05, 0) is 29.8 Å². The zero-order chi connectivity index (χ0) is 20.5. The minimum Gasteiger partial charge on any atom is -0.477 e. The smallest absolute Gasteiger partial charge is 0.416 e. The number of amides is 1. The summed E-state index contributed by atoms with van der Waals surface area (Å²) in [6.45, 7) is 0. The lowest BCUT2D eigenvalue weighted by Gasteiger charge is -2.10. The molecule has 0 spiro atoms. The molecule has 0 aliphatic rings. The van der Waals surface area contributed by atoms with Crippen LogP contribution in [0.2, 0.25) is 5.02 Å². The first-order chi connectivity index (χ1) is 13.2. The van der Waals surface area contributed by atoms with E-state index in [4.69, 9.17) is 11.6 Å². The number of rotatable bonds is 4. The van der Waals surface area contributed by atoms with Crippen molar-refractivity contribution in [1.29, 1.82) is 0 Å². The van der Waals surface area contributed by atoms with Crippen LogP contribution in [0.4, 0.5) is 19.0 Å². The van der Waals surface area contributed by atoms with Crippen molar-refractivity contribution in [2.24, 2.45) is 0 Å². The molecule has 0 radical (unpaired) electrons. The molecule has 0 fully saturated rings. The van der Waals surface area contributed by atoms with Gasteiger partial charge in [-0.1, -0.05) is 35.9 Å². The molecule has 6 nitrogen and oxygen atoms in total. The van der Waals surface area contributed by atoms with E-state index in [2.05, 4.69) is 15.5 Å². The van der Waals surface area contributed by atoms with Gasteiger partial charge in [0.1, 0.15) is 0 Å². The van der Waals surface area contributed by atoms with Crippen LogP contribution in [0.5, 0.6) is 0 Å². The molecular formula is C18H11ClF3N3O3. The van der Waals surface area contributed by atoms with Gasteiger partial charge < -0.3 is 10.4 Å². The predicted octanol–water partition coefficient (Wildman–Crippen LogP) is 4.70. The lowest BCUT2D eigenvalue weighted by molar-refractivity contribution is -0.137. The number of aromatic amines is 1. The molecule has 10 heteroatoms. The van der Waals surface area contributed by atoms with Crippen LogP contribution in [-0.4, -0.2) is 27.2 Å². The summed E-state index contributed by atoms with van der Waals surface area (Å²) in [4.78, 5) is 23.9. The summed E-state index contributed by atoms with van der Waals surface area (Å²) in [6.07, 6.45) is -4.62. The maximum Gasteiger partial charge on any atom is 0.416 e. The highest BCUT2D eigenvalue weighted by atomic mass is 35.5. The van der Waals surface area contributed by atoms with Crippen LogP contribution in [-0.2, 0) is 6.18 Å². The van der Waals surface area contributed by atoms with Crippen molar-refractivity contribution in [2.75, 3.05) is 5.32 Å². The van der Waals surface area contributed by atoms with Gasteiger partial charge in [0, 0.05) is 0 Å². The van der Waals surface area contributed by atoms with Crippen molar-refractivity contribution in [3.63, 3.8) is 0 Å². The molecule has 1 amide bonds. The second-order valence-corrected chi connectivity index (χ2v) is 6.05. The zero-order valence-corrected chi connectivity index (χ0v) is 14.6. The molecule has 28 heavy (non-hydrogen) atoms. The number of benzene rings is 2. The normalized spacial score (nSPS) is 11.3. The summed E-state index contributed by atoms with van der Waals surface area (Å²) in [5.74, 6) is -2.37. The quantitative estimate of drug-likeness (QED) is 0.582. The van der Waals surface area contributed by atoms with Crippen LogP contribution in [0.25, 0.3) is 11.1 Å². The number of hydrogen-bond donors (Lipinski definition) is 3. The largest absolute Gasteiger partial charge is 0.477 e. The topological polar surface area (TPSA) is 95.1 Å². The fourth-order valence-electron chi connectivity index (χ4n) is 2.54. The maximum atomic E-state index is 13.0. The highest BCUT2D eigenvalue weighted by Gasteiger charge is 2.31. The van der Waals surface area contributed by atoms with Crippen molar-refractivity contribution in [1.82, 2.24) is 10.2 Å². The Morgan fingerprint density at radius 1 is 1.11 bits per heavy atom. The standard InChI is InChI=1S/C18H11ClF3N3O3/c19-12-7-2-1-6-11(12)16(26)23-15-13(14(17(27)28)24-25-15)9-4-3-5-10(8-9)18(20,21)22/h1-8H,(H,27,28)(H2,23,24,25,26). The molecule has 0 aliphatic heterocycles. The number of carboxylic acid groups (broad SMARTS) is 1. The number of nitrogens with one attached hydrogen (secondary N) is 2. The van der Waals surface area contributed by atoms with Crippen LogP contribution in [0, 0.1) is 0 Å². The van der Waals surface area contributed by atoms with Gasteiger partial charge in [0.15, 0.2) is 11.5 Å². The monoisotopic (exact) mass is 409 g/mol. The van der Waals surface area contributed by atoms with Gasteiger partial charge in [0.05, 0.1) is 21.7 Å². The predicted molar refractivity (Wildman–Crippen MR) is 95.4 cm³/mol. The van der Waals surface area contributed by atoms with Crippen LogP contribution >= 0.6 is 11.6 Å². The van der Waals surface area contributed by atoms with Crippen molar-refractivity contribution >= 4 is 29.3 Å². The van der Waals surface area contributed by atoms with E-state index in [0.29, 0.717) is 0 Å². The summed E-state index contributed by atoms with van der Waals surface area (Å²) in [5, 5.41) is 17.8. The van der Waals surface area contributed by atoms with Crippen LogP contribution < -0.4 is 5.32 Å². The Bertz CT molecular complexity index is 1060. The van der Waals surface area contributed by atoms with E-state index >= 15 is 0 Å². The van der Waals surface area contributed by atoms with Gasteiger partial charge in [-0.25, -0.2) is 4.79 Å². The molecule has 0 bridgehead atoms. The maximum absolute atomic E-state index is 13.0. The Hall–Kier alpha value is -3.33. The first-order valence-electron chi connectivity index (χ1n) is 7.73. The molecule has 0 unspecified atom stereocenters. The van der Waals surface area contributed by atoms with Crippen molar-refractivity contribution in [3.05, 3.63) is 70.4 Å². The molecule has 0 saturated heterocycles. The molecule has 0 saturated carbocycles. The Labute approximate surface area is 161 Å². The van der Waals surface area contributed by atoms with Crippen LogP contribution in [0.3, 0.4) is 0 Å². The van der Waals surface area contributed by atoms with Crippen molar-refractivity contribution in [3.8, 4) is 11.1 Å². The third kappa shape index (κ3) is 3.84. The molecule has 0 atom stereocenters. The fraction of sp³-hybridized carbons (Fsp3) is 0.0556. The van der Waals surface area contributed by atoms with Gasteiger partial charge in [-0.15, -0.1) is 0 Å². The molecule has 3 rings (SSSR count). The Morgan fingerprint density at radius 2 is 1.82 bits per heavy atom. The molecule has 3 N–H and O–H groups in total. The van der Waals surface area contributed by atoms with Crippen LogP contribution in [0.15, 0.2) is 48.5 Å². The number of alkyl halides is 3. The average molecular weight is 410 g/mol. The van der Waals surface area contributed by atoms with Crippen LogP contribution in [0.1, 0.15) is 26.4 Å². The molecule has 0 aliphatic carbocycles. The van der Waals surface area contributed by atoms with Crippen molar-refractivity contribution in [2.45, 2.75) is 6.18 Å². The average Bonchev–Trinajstić information content (AvgIpc) is 3.05. The van der Waals surface area contributed by atoms with E-state index in [9.17, 15) is 27.9 Å². The number of hydrogen-bond acceptors (Lipinski definition) is 3. The first kappa shape index (κ1) is 19.4. The highest BCUT2D eigenvalue weighted by molar-refractivity contribution is 6.34. The molecule has 3 aromatic rings. The summed E-state index contributed by atoms with van der Waals surface area (Å²) >= 11 is 5.96. The van der Waals surface area contributed by atoms with E-state index < -0.39 is 29.3 Å². The van der Waals surface area contributed by atoms with Gasteiger partial charge in [0.25, 0.3) is 5.91 Å². The van der Waals surface area contributed by atoms with Gasteiger partial charge >= 0.3 is 12.1 Å². The number of aromatic carboxylic acids is 1. The second kappa shape index (κ2) is 7.35. The summed E-state index contributed by atoms with van der Waals surface area (Å²) < 4.78 is 39.1. The lowest BCUT2D eigenvalue weighted by Crippen LogP contribution is -2.13. The SMILES string of the molecule is O=C(Nc1n[nH]c(C(=O)O)c1-c1cccc(C(F)(F)F)c1)c1ccccc1Cl.